The fraction of sp³-hybridized carbons (Fsp3) is 0.200. The number of nitrogens with zero attached hydrogens (tertiary/aromatic N) is 2. The molecule has 1 aromatic carbocycles. The summed E-state index contributed by atoms with van der Waals surface area (Å²) in [5.41, 5.74) is 3.79. The molecule has 3 nitrogen and oxygen atoms in total. The van der Waals surface area contributed by atoms with Crippen molar-refractivity contribution < 1.29 is 0 Å². The van der Waals surface area contributed by atoms with Gasteiger partial charge in [-0.25, -0.2) is 4.98 Å². The maximum absolute atomic E-state index is 4.73. The van der Waals surface area contributed by atoms with Crippen molar-refractivity contribution in [1.82, 2.24) is 15.3 Å². The summed E-state index contributed by atoms with van der Waals surface area (Å²) in [5, 5.41) is 4.71. The largest absolute Gasteiger partial charge is 0.304 e. The Morgan fingerprint density at radius 3 is 3.11 bits per heavy atom. The molecule has 1 atom stereocenters. The van der Waals surface area contributed by atoms with Crippen LogP contribution in [0.1, 0.15) is 22.2 Å². The standard InChI is InChI=1S/C15H13N3S/c1-2-4-11-10(3-1)5-8-17-14(11)15-18-12-9-16-7-6-13(12)19-15/h1-4,6-7,9,14,17H,5,8H2. The van der Waals surface area contributed by atoms with Crippen LogP contribution in [0.2, 0.25) is 0 Å². The first kappa shape index (κ1) is 11.1. The van der Waals surface area contributed by atoms with Gasteiger partial charge < -0.3 is 5.32 Å². The summed E-state index contributed by atoms with van der Waals surface area (Å²) in [6.07, 6.45) is 4.76. The van der Waals surface area contributed by atoms with Gasteiger partial charge in [-0.05, 0) is 23.6 Å². The highest BCUT2D eigenvalue weighted by molar-refractivity contribution is 7.18. The van der Waals surface area contributed by atoms with Gasteiger partial charge in [0, 0.05) is 12.7 Å². The highest BCUT2D eigenvalue weighted by Crippen LogP contribution is 2.33. The molecule has 4 heteroatoms. The zero-order valence-corrected chi connectivity index (χ0v) is 11.2. The molecular formula is C15H13N3S. The summed E-state index contributed by atoms with van der Waals surface area (Å²) in [5.74, 6) is 0. The number of hydrogen-bond donors (Lipinski definition) is 1. The maximum Gasteiger partial charge on any atom is 0.115 e. The molecule has 0 bridgehead atoms. The van der Waals surface area contributed by atoms with Crippen LogP contribution in [-0.4, -0.2) is 16.5 Å². The number of aromatic nitrogens is 2. The number of thiazole rings is 1. The third-order valence-corrected chi connectivity index (χ3v) is 4.66. The average molecular weight is 267 g/mol. The number of pyridine rings is 1. The lowest BCUT2D eigenvalue weighted by atomic mass is 9.95. The van der Waals surface area contributed by atoms with E-state index in [4.69, 9.17) is 4.98 Å². The average Bonchev–Trinajstić information content (AvgIpc) is 2.90. The summed E-state index contributed by atoms with van der Waals surface area (Å²) >= 11 is 1.75. The predicted molar refractivity (Wildman–Crippen MR) is 77.4 cm³/mol. The van der Waals surface area contributed by atoms with Gasteiger partial charge in [0.1, 0.15) is 5.01 Å². The van der Waals surface area contributed by atoms with Crippen LogP contribution in [0.15, 0.2) is 42.7 Å². The van der Waals surface area contributed by atoms with Gasteiger partial charge in [0.2, 0.25) is 0 Å². The van der Waals surface area contributed by atoms with Gasteiger partial charge in [-0.2, -0.15) is 0 Å². The van der Waals surface area contributed by atoms with Gasteiger partial charge in [0.25, 0.3) is 0 Å². The Hall–Kier alpha value is -1.78. The Morgan fingerprint density at radius 2 is 2.16 bits per heavy atom. The number of fused-ring (bicyclic) bond motifs is 2. The molecule has 0 saturated heterocycles. The minimum absolute atomic E-state index is 0.224. The Balaban J connectivity index is 1.85. The van der Waals surface area contributed by atoms with Crippen molar-refractivity contribution in [2.45, 2.75) is 12.5 Å². The topological polar surface area (TPSA) is 37.8 Å². The first-order valence-electron chi connectivity index (χ1n) is 6.43. The first-order valence-corrected chi connectivity index (χ1v) is 7.25. The number of rotatable bonds is 1. The van der Waals surface area contributed by atoms with E-state index in [1.165, 1.54) is 15.8 Å². The molecule has 0 amide bonds. The van der Waals surface area contributed by atoms with Gasteiger partial charge in [0.05, 0.1) is 22.5 Å². The summed E-state index contributed by atoms with van der Waals surface area (Å²) < 4.78 is 1.20. The van der Waals surface area contributed by atoms with Gasteiger partial charge in [-0.3, -0.25) is 4.98 Å². The molecule has 3 aromatic rings. The monoisotopic (exact) mass is 267 g/mol. The smallest absolute Gasteiger partial charge is 0.115 e. The minimum Gasteiger partial charge on any atom is -0.304 e. The summed E-state index contributed by atoms with van der Waals surface area (Å²) in [6.45, 7) is 1.01. The Kier molecular flexibility index (Phi) is 2.57. The Labute approximate surface area is 115 Å². The normalized spacial score (nSPS) is 18.4. The molecule has 1 aliphatic heterocycles. The lowest BCUT2D eigenvalue weighted by Gasteiger charge is -2.25. The van der Waals surface area contributed by atoms with E-state index in [0.717, 1.165) is 23.5 Å². The van der Waals surface area contributed by atoms with Crippen LogP contribution in [0.4, 0.5) is 0 Å². The summed E-state index contributed by atoms with van der Waals surface area (Å²) in [6, 6.07) is 10.9. The molecule has 0 fully saturated rings. The molecule has 2 aromatic heterocycles. The molecule has 0 spiro atoms. The molecular weight excluding hydrogens is 254 g/mol. The lowest BCUT2D eigenvalue weighted by Crippen LogP contribution is -2.30. The third-order valence-electron chi connectivity index (χ3n) is 3.56. The van der Waals surface area contributed by atoms with Crippen molar-refractivity contribution in [2.75, 3.05) is 6.54 Å². The molecule has 1 unspecified atom stereocenters. The van der Waals surface area contributed by atoms with E-state index in [-0.39, 0.29) is 6.04 Å². The van der Waals surface area contributed by atoms with Crippen LogP contribution in [-0.2, 0) is 6.42 Å². The van der Waals surface area contributed by atoms with Crippen LogP contribution in [0, 0.1) is 0 Å². The van der Waals surface area contributed by atoms with Crippen LogP contribution in [0.3, 0.4) is 0 Å². The highest BCUT2D eigenvalue weighted by Gasteiger charge is 2.23. The van der Waals surface area contributed by atoms with Crippen LogP contribution < -0.4 is 5.32 Å². The van der Waals surface area contributed by atoms with Crippen molar-refractivity contribution in [1.29, 1.82) is 0 Å². The van der Waals surface area contributed by atoms with E-state index in [9.17, 15) is 0 Å². The van der Waals surface area contributed by atoms with Crippen molar-refractivity contribution >= 4 is 21.6 Å². The van der Waals surface area contributed by atoms with E-state index >= 15 is 0 Å². The highest BCUT2D eigenvalue weighted by atomic mass is 32.1. The van der Waals surface area contributed by atoms with Crippen molar-refractivity contribution in [3.8, 4) is 0 Å². The van der Waals surface area contributed by atoms with Gasteiger partial charge >= 0.3 is 0 Å². The van der Waals surface area contributed by atoms with Gasteiger partial charge in [-0.1, -0.05) is 24.3 Å². The molecule has 1 aliphatic rings. The van der Waals surface area contributed by atoms with Crippen LogP contribution in [0.25, 0.3) is 10.2 Å². The van der Waals surface area contributed by atoms with E-state index in [0.29, 0.717) is 0 Å². The molecule has 0 radical (unpaired) electrons. The molecule has 3 heterocycles. The van der Waals surface area contributed by atoms with E-state index in [1.807, 2.05) is 18.5 Å². The van der Waals surface area contributed by atoms with Gasteiger partial charge in [0.15, 0.2) is 0 Å². The second kappa shape index (κ2) is 4.40. The Bertz CT molecular complexity index is 702. The number of hydrogen-bond acceptors (Lipinski definition) is 4. The van der Waals surface area contributed by atoms with Gasteiger partial charge in [-0.15, -0.1) is 11.3 Å². The molecule has 1 N–H and O–H groups in total. The van der Waals surface area contributed by atoms with E-state index in [1.54, 1.807) is 11.3 Å². The number of nitrogens with one attached hydrogen (secondary N) is 1. The minimum atomic E-state index is 0.224. The second-order valence-corrected chi connectivity index (χ2v) is 5.79. The quantitative estimate of drug-likeness (QED) is 0.736. The summed E-state index contributed by atoms with van der Waals surface area (Å²) in [4.78, 5) is 8.87. The molecule has 0 aliphatic carbocycles. The van der Waals surface area contributed by atoms with Crippen molar-refractivity contribution in [3.63, 3.8) is 0 Å². The van der Waals surface area contributed by atoms with E-state index < -0.39 is 0 Å². The molecule has 19 heavy (non-hydrogen) atoms. The van der Waals surface area contributed by atoms with Crippen molar-refractivity contribution in [2.24, 2.45) is 0 Å². The fourth-order valence-electron chi connectivity index (χ4n) is 2.65. The molecule has 0 saturated carbocycles. The molecule has 94 valence electrons. The Morgan fingerprint density at radius 1 is 1.21 bits per heavy atom. The first-order chi connectivity index (χ1) is 9.42. The zero-order chi connectivity index (χ0) is 12.7. The molecule has 4 rings (SSSR count). The van der Waals surface area contributed by atoms with E-state index in [2.05, 4.69) is 34.6 Å². The lowest BCUT2D eigenvalue weighted by molar-refractivity contribution is 0.566. The zero-order valence-electron chi connectivity index (χ0n) is 10.3. The third kappa shape index (κ3) is 1.84. The fourth-order valence-corrected chi connectivity index (χ4v) is 3.68. The van der Waals surface area contributed by atoms with Crippen LogP contribution in [0.5, 0.6) is 0 Å². The predicted octanol–water partition coefficient (Wildman–Crippen LogP) is 2.93. The maximum atomic E-state index is 4.73. The van der Waals surface area contributed by atoms with Crippen molar-refractivity contribution in [3.05, 3.63) is 58.9 Å². The number of benzene rings is 1. The summed E-state index contributed by atoms with van der Waals surface area (Å²) in [7, 11) is 0. The SMILES string of the molecule is c1ccc2c(c1)CCNC2c1nc2cnccc2s1. The van der Waals surface area contributed by atoms with Crippen LogP contribution >= 0.6 is 11.3 Å². The second-order valence-electron chi connectivity index (χ2n) is 4.73.